The van der Waals surface area contributed by atoms with Crippen molar-refractivity contribution in [2.45, 2.75) is 39.5 Å². The van der Waals surface area contributed by atoms with Gasteiger partial charge in [-0.25, -0.2) is 24.1 Å². The van der Waals surface area contributed by atoms with Crippen molar-refractivity contribution in [2.75, 3.05) is 33.0 Å². The minimum absolute atomic E-state index is 0.0132. The molecule has 0 amide bonds. The van der Waals surface area contributed by atoms with E-state index in [1.165, 1.54) is 47.7 Å². The molecule has 17 heteroatoms. The molecular formula is C101H89N5O12. The number of esters is 5. The summed E-state index contributed by atoms with van der Waals surface area (Å²) in [5.74, 6) is -1.33. The monoisotopic (exact) mass is 1560 g/mol. The van der Waals surface area contributed by atoms with Crippen LogP contribution < -0.4 is 0 Å². The fourth-order valence-electron chi connectivity index (χ4n) is 13.2. The molecule has 1 N–H and O–H groups in total. The van der Waals surface area contributed by atoms with Crippen LogP contribution in [-0.4, -0.2) is 88.8 Å². The smallest absolute Gasteiger partial charge is 0.338 e. The van der Waals surface area contributed by atoms with E-state index in [0.29, 0.717) is 46.1 Å². The number of rotatable bonds is 23. The summed E-state index contributed by atoms with van der Waals surface area (Å²) in [5, 5.41) is 20.9. The quantitative estimate of drug-likeness (QED) is 0.0208. The number of allylic oxidation sites excluding steroid dienone is 2. The number of phenolic OH excluding ortho intramolecular Hbond substituents is 1. The lowest BCUT2D eigenvalue weighted by Crippen LogP contribution is -2.22. The third kappa shape index (κ3) is 23.0. The minimum Gasteiger partial charge on any atom is -0.505 e. The normalized spacial score (nSPS) is 13.6. The number of carbonyl (C=O) groups excluding carboxylic acids is 6. The average Bonchev–Trinajstić information content (AvgIpc) is 1.61. The molecule has 2 saturated carbocycles. The molecule has 3 aliphatic carbocycles. The van der Waals surface area contributed by atoms with Gasteiger partial charge in [0.05, 0.1) is 24.3 Å². The number of ether oxygens (including phenoxy) is 5. The third-order valence-corrected chi connectivity index (χ3v) is 18.8. The van der Waals surface area contributed by atoms with E-state index < -0.39 is 23.9 Å². The van der Waals surface area contributed by atoms with Gasteiger partial charge in [-0.2, -0.15) is 0 Å². The Morgan fingerprint density at radius 3 is 1.46 bits per heavy atom. The van der Waals surface area contributed by atoms with Gasteiger partial charge in [-0.05, 0) is 165 Å². The lowest BCUT2D eigenvalue weighted by Gasteiger charge is -2.20. The number of nitrogens with zero attached hydrogens (tertiary/aromatic N) is 5. The van der Waals surface area contributed by atoms with Gasteiger partial charge in [-0.1, -0.05) is 283 Å². The van der Waals surface area contributed by atoms with Crippen molar-refractivity contribution < 1.29 is 57.6 Å². The number of aromatic nitrogens is 3. The molecule has 2 bridgehead atoms. The standard InChI is InChI=1S/C19H13NO2.C19H15NO2.C18H16O4.C17H18O.C16H15N3O.C12H12O2/c1-3-12-22-19(21)18(20-2)17-15-10-6-4-8-13(15)14-9-5-7-11-16(14)17;1-3-14-22-19(21)18(20-2)17(15-10-6-4-7-11-15)16-12-8-5-9-13-16;1-3-9-21-17(19)15-7-5-14-12-16(8-6-13(14)11-15)18(20)22-10-4-2;1-3-12-4-6-13(7-5-12)10-15-14-8-9-17(2,11-14)16(15)18;1-3-6-12-9-11(2)10-15(16(12)20)19-17-13-7-4-5-8-14(13)18-19;1-2-10-14-12(13)9-8-11-6-4-3-5-7-11/h3-11H,1,12H2;3-13H,1,14H2;3-8,11-12H,1-2,9-10H2;3-7,10,14H,1,8-9,11H2,2H3;3-5,7-10,20H,1,6H2,2H3;2-9H,1,10H2/b;;;15-10+;;9-8+. The molecule has 1 aromatic heterocycles. The number of aromatic hydroxyl groups is 1. The largest absolute Gasteiger partial charge is 0.505 e. The Bertz CT molecular complexity index is 5530. The zero-order chi connectivity index (χ0) is 84.4. The fourth-order valence-corrected chi connectivity index (χ4v) is 13.2. The highest BCUT2D eigenvalue weighted by atomic mass is 16.5. The van der Waals surface area contributed by atoms with Gasteiger partial charge < -0.3 is 28.8 Å². The summed E-state index contributed by atoms with van der Waals surface area (Å²) in [5.41, 5.74) is 15.9. The summed E-state index contributed by atoms with van der Waals surface area (Å²) < 4.78 is 24.9. The van der Waals surface area contributed by atoms with E-state index in [9.17, 15) is 33.9 Å². The van der Waals surface area contributed by atoms with E-state index in [1.807, 2.05) is 201 Å². The van der Waals surface area contributed by atoms with Crippen LogP contribution in [0, 0.1) is 31.4 Å². The van der Waals surface area contributed by atoms with E-state index in [-0.39, 0.29) is 61.6 Å². The zero-order valence-corrected chi connectivity index (χ0v) is 65.9. The number of fused-ring (bicyclic) bond motifs is 7. The van der Waals surface area contributed by atoms with E-state index in [0.717, 1.165) is 101 Å². The van der Waals surface area contributed by atoms with Crippen molar-refractivity contribution in [1.82, 2.24) is 15.0 Å². The van der Waals surface area contributed by atoms with Gasteiger partial charge in [-0.15, -0.1) is 21.6 Å². The predicted octanol–water partition coefficient (Wildman–Crippen LogP) is 21.4. The molecule has 590 valence electrons. The maximum absolute atomic E-state index is 12.3. The number of hydrogen-bond donors (Lipinski definition) is 1. The van der Waals surface area contributed by atoms with E-state index in [1.54, 1.807) is 48.6 Å². The van der Waals surface area contributed by atoms with Gasteiger partial charge in [0.1, 0.15) is 55.5 Å². The molecule has 2 unspecified atom stereocenters. The second-order valence-electron chi connectivity index (χ2n) is 27.0. The Labute approximate surface area is 688 Å². The van der Waals surface area contributed by atoms with E-state index in [4.69, 9.17) is 36.8 Å². The van der Waals surface area contributed by atoms with Crippen molar-refractivity contribution in [1.29, 1.82) is 0 Å². The molecule has 118 heavy (non-hydrogen) atoms. The Morgan fingerprint density at radius 2 is 0.983 bits per heavy atom. The van der Waals surface area contributed by atoms with Gasteiger partial charge in [0.2, 0.25) is 0 Å². The van der Waals surface area contributed by atoms with Crippen molar-refractivity contribution in [2.24, 2.45) is 11.3 Å². The lowest BCUT2D eigenvalue weighted by molar-refractivity contribution is -0.138. The number of Topliss-reactive ketones (excluding diaryl/α,β-unsaturated/α-hetero) is 1. The molecule has 0 aliphatic heterocycles. The maximum atomic E-state index is 12.3. The van der Waals surface area contributed by atoms with Crippen LogP contribution in [0.15, 0.2) is 342 Å². The van der Waals surface area contributed by atoms with Crippen LogP contribution in [0.25, 0.3) is 77.7 Å². The number of ketones is 1. The van der Waals surface area contributed by atoms with Crippen molar-refractivity contribution in [3.05, 3.63) is 426 Å². The highest BCUT2D eigenvalue weighted by Gasteiger charge is 2.51. The maximum Gasteiger partial charge on any atom is 0.338 e. The molecule has 1 heterocycles. The van der Waals surface area contributed by atoms with Crippen LogP contribution >= 0.6 is 0 Å². The van der Waals surface area contributed by atoms with Crippen molar-refractivity contribution >= 4 is 86.8 Å². The van der Waals surface area contributed by atoms with Crippen LogP contribution in [0.5, 0.6) is 5.75 Å². The first kappa shape index (κ1) is 86.8. The Balaban J connectivity index is 0.000000162. The van der Waals surface area contributed by atoms with E-state index >= 15 is 0 Å². The molecule has 10 aromatic carbocycles. The first-order valence-corrected chi connectivity index (χ1v) is 37.8. The number of benzene rings is 10. The molecule has 14 rings (SSSR count). The summed E-state index contributed by atoms with van der Waals surface area (Å²) in [6, 6.07) is 73.8. The van der Waals surface area contributed by atoms with Crippen LogP contribution in [0.4, 0.5) is 0 Å². The second-order valence-corrected chi connectivity index (χ2v) is 27.0. The van der Waals surface area contributed by atoms with Gasteiger partial charge in [-0.3, -0.25) is 14.4 Å². The van der Waals surface area contributed by atoms with Gasteiger partial charge in [0.15, 0.2) is 5.78 Å². The van der Waals surface area contributed by atoms with E-state index in [2.05, 4.69) is 91.1 Å². The van der Waals surface area contributed by atoms with Gasteiger partial charge in [0.25, 0.3) is 11.4 Å². The van der Waals surface area contributed by atoms with Crippen molar-refractivity contribution in [3.63, 3.8) is 0 Å². The van der Waals surface area contributed by atoms with Crippen LogP contribution in [0.2, 0.25) is 0 Å². The molecular weight excluding hydrogens is 1480 g/mol. The summed E-state index contributed by atoms with van der Waals surface area (Å²) in [6.45, 7) is 44.6. The minimum atomic E-state index is -0.641. The lowest BCUT2D eigenvalue weighted by atomic mass is 9.83. The fraction of sp³-hybridized carbons (Fsp3) is 0.129. The summed E-state index contributed by atoms with van der Waals surface area (Å²) >= 11 is 0. The van der Waals surface area contributed by atoms with Crippen LogP contribution in [0.3, 0.4) is 0 Å². The highest BCUT2D eigenvalue weighted by molar-refractivity contribution is 6.11. The molecule has 2 fully saturated rings. The van der Waals surface area contributed by atoms with Crippen LogP contribution in [0.1, 0.15) is 97.0 Å². The van der Waals surface area contributed by atoms with Gasteiger partial charge in [0, 0.05) is 28.2 Å². The average molecular weight is 1560 g/mol. The Kier molecular flexibility index (Phi) is 32.2. The molecule has 0 radical (unpaired) electrons. The number of hydrogen-bond acceptors (Lipinski definition) is 14. The van der Waals surface area contributed by atoms with Crippen molar-refractivity contribution in [3.8, 4) is 22.6 Å². The molecule has 11 aromatic rings. The predicted molar refractivity (Wildman–Crippen MR) is 468 cm³/mol. The molecule has 17 nitrogen and oxygen atoms in total. The highest BCUT2D eigenvalue weighted by Crippen LogP contribution is 2.54. The van der Waals surface area contributed by atoms with Gasteiger partial charge >= 0.3 is 29.8 Å². The Hall–Kier alpha value is -15.2. The molecule has 0 spiro atoms. The summed E-state index contributed by atoms with van der Waals surface area (Å²) in [6.07, 6.45) is 20.3. The number of phenols is 1. The number of carbonyl (C=O) groups is 6. The van der Waals surface area contributed by atoms with Crippen LogP contribution in [-0.2, 0) is 49.3 Å². The first-order valence-electron chi connectivity index (χ1n) is 37.8. The molecule has 2 atom stereocenters. The first-order chi connectivity index (χ1) is 57.3. The SMILES string of the molecule is C=CCOC(=O)/C=C/c1ccccc1.C=CCOC(=O)c1ccc2cc(C(=O)OCC=C)ccc2c1.C=CCc1cc(C)cc(-n2nc3ccccc3n2)c1O.C=Cc1ccc(/C=C2/C(=O)C3(C)CCC2C3)cc1.[C-]#[N+]C(C(=O)OCC=C)=C(c1ccccc1)c1ccccc1.[C-]#[N+]C(C(=O)OCC=C)=C1c2ccccc2-c2ccccc21. The molecule has 3 aliphatic rings. The second kappa shape index (κ2) is 43.7. The third-order valence-electron chi connectivity index (χ3n) is 18.8. The summed E-state index contributed by atoms with van der Waals surface area (Å²) in [4.78, 5) is 79.6. The summed E-state index contributed by atoms with van der Waals surface area (Å²) in [7, 11) is 0. The topological polar surface area (TPSA) is 208 Å². The number of aryl methyl sites for hydroxylation is 1. The zero-order valence-electron chi connectivity index (χ0n) is 65.9. The molecule has 0 saturated heterocycles. The Morgan fingerprint density at radius 1 is 0.517 bits per heavy atom.